The van der Waals surface area contributed by atoms with E-state index in [0.717, 1.165) is 42.6 Å². The van der Waals surface area contributed by atoms with Crippen molar-refractivity contribution in [2.45, 2.75) is 40.7 Å². The van der Waals surface area contributed by atoms with Crippen molar-refractivity contribution >= 4 is 80.1 Å². The molecule has 1 N–H and O–H groups in total. The third-order valence-corrected chi connectivity index (χ3v) is 9.77. The van der Waals surface area contributed by atoms with Crippen LogP contribution in [0.2, 0.25) is 0 Å². The van der Waals surface area contributed by atoms with Gasteiger partial charge in [-0.15, -0.1) is 5.10 Å². The number of piperazine rings is 1. The minimum absolute atomic E-state index is 0.178. The third-order valence-electron chi connectivity index (χ3n) is 9.77. The van der Waals surface area contributed by atoms with Crippen molar-refractivity contribution in [3.63, 3.8) is 0 Å². The van der Waals surface area contributed by atoms with Crippen LogP contribution < -0.4 is 10.2 Å². The van der Waals surface area contributed by atoms with Gasteiger partial charge in [-0.25, -0.2) is 13.5 Å². The van der Waals surface area contributed by atoms with Crippen LogP contribution in [0, 0.1) is 18.6 Å². The second kappa shape index (κ2) is 9.79. The number of hydrogen-bond acceptors (Lipinski definition) is 6. The first kappa shape index (κ1) is 29.0. The lowest BCUT2D eigenvalue weighted by atomic mass is 9.26. The molecule has 0 bridgehead atoms. The van der Waals surface area contributed by atoms with Gasteiger partial charge in [0.15, 0.2) is 0 Å². The van der Waals surface area contributed by atoms with Gasteiger partial charge in [-0.05, 0) is 70.6 Å². The van der Waals surface area contributed by atoms with Crippen LogP contribution in [-0.2, 0) is 4.74 Å². The standard InChI is InChI=1S/C23H34B8F2N6O/c1-12-4-15(35-19-34-11-37(36-19)17-7-13(32)6-14(33)8-17)9-18(5-12)39-22(28,29)20(24,25)38(16-2-3-40-10-16)21(26,27)23(39,30)31/h4-9,11,16H,2-3,10,24-31H2,1H3,(H,35,36). The summed E-state index contributed by atoms with van der Waals surface area (Å²) in [7, 11) is 18.8. The molecular weight excluding hydrogens is 501 g/mol. The van der Waals surface area contributed by atoms with E-state index in [1.807, 2.05) is 0 Å². The molecule has 3 heterocycles. The van der Waals surface area contributed by atoms with E-state index in [1.165, 1.54) is 23.1 Å². The van der Waals surface area contributed by atoms with Crippen molar-refractivity contribution in [2.75, 3.05) is 23.4 Å². The lowest BCUT2D eigenvalue weighted by molar-refractivity contribution is 0.0501. The molecule has 3 aromatic rings. The van der Waals surface area contributed by atoms with E-state index in [1.54, 1.807) is 0 Å². The fourth-order valence-electron chi connectivity index (χ4n) is 7.03. The summed E-state index contributed by atoms with van der Waals surface area (Å²) in [5.41, 5.74) is 3.31. The van der Waals surface area contributed by atoms with Crippen molar-refractivity contribution in [3.8, 4) is 5.69 Å². The first-order chi connectivity index (χ1) is 18.6. The Hall–Kier alpha value is -2.52. The predicted molar refractivity (Wildman–Crippen MR) is 179 cm³/mol. The van der Waals surface area contributed by atoms with Gasteiger partial charge >= 0.3 is 0 Å². The topological polar surface area (TPSA) is 58.5 Å². The SMILES string of the molecule is BC1(B)N(c2cc(C)cc(Nc3ncn(-c4cc(F)cc(F)c4)n3)c2)C(B)(B)C(B)(B)N(C2CCOC2)C1(B)B. The van der Waals surface area contributed by atoms with E-state index in [4.69, 9.17) is 4.74 Å². The molecule has 2 fully saturated rings. The Morgan fingerprint density at radius 2 is 1.48 bits per heavy atom. The third kappa shape index (κ3) is 4.63. The number of anilines is 3. The van der Waals surface area contributed by atoms with Crippen LogP contribution in [0.5, 0.6) is 0 Å². The Bertz CT molecular complexity index is 1380. The van der Waals surface area contributed by atoms with Gasteiger partial charge in [0, 0.05) is 30.1 Å². The molecule has 2 aliphatic heterocycles. The van der Waals surface area contributed by atoms with Gasteiger partial charge in [-0.3, -0.25) is 0 Å². The lowest BCUT2D eigenvalue weighted by Crippen LogP contribution is -2.93. The summed E-state index contributed by atoms with van der Waals surface area (Å²) in [4.78, 5) is 9.63. The number of aromatic nitrogens is 3. The van der Waals surface area contributed by atoms with Crippen molar-refractivity contribution < 1.29 is 13.5 Å². The maximum Gasteiger partial charge on any atom is 0.246 e. The van der Waals surface area contributed by atoms with Gasteiger partial charge in [0.1, 0.15) is 80.7 Å². The van der Waals surface area contributed by atoms with E-state index in [-0.39, 0.29) is 27.0 Å². The Morgan fingerprint density at radius 1 is 0.850 bits per heavy atom. The van der Waals surface area contributed by atoms with Gasteiger partial charge in [-0.2, -0.15) is 4.98 Å². The highest BCUT2D eigenvalue weighted by atomic mass is 19.1. The minimum Gasteiger partial charge on any atom is -0.391 e. The van der Waals surface area contributed by atoms with Gasteiger partial charge in [-0.1, -0.05) is 0 Å². The molecule has 1 unspecified atom stereocenters. The highest BCUT2D eigenvalue weighted by Crippen LogP contribution is 2.47. The monoisotopic (exact) mass is 536 g/mol. The number of nitrogens with one attached hydrogen (secondary N) is 1. The van der Waals surface area contributed by atoms with E-state index >= 15 is 0 Å². The molecule has 0 radical (unpaired) electrons. The Balaban J connectivity index is 1.51. The second-order valence-electron chi connectivity index (χ2n) is 13.3. The summed E-state index contributed by atoms with van der Waals surface area (Å²) in [6.07, 6.45) is 2.48. The number of nitrogens with zero attached hydrogens (tertiary/aromatic N) is 5. The van der Waals surface area contributed by atoms with E-state index in [0.29, 0.717) is 12.0 Å². The molecule has 2 aliphatic rings. The highest BCUT2D eigenvalue weighted by Gasteiger charge is 2.63. The number of benzene rings is 2. The van der Waals surface area contributed by atoms with Crippen molar-refractivity contribution in [2.24, 2.45) is 0 Å². The maximum absolute atomic E-state index is 13.7. The smallest absolute Gasteiger partial charge is 0.246 e. The van der Waals surface area contributed by atoms with Crippen LogP contribution in [0.3, 0.4) is 0 Å². The van der Waals surface area contributed by atoms with Gasteiger partial charge in [0.05, 0.1) is 12.3 Å². The maximum atomic E-state index is 13.7. The molecule has 200 valence electrons. The number of halogens is 2. The lowest BCUT2D eigenvalue weighted by Gasteiger charge is -2.76. The molecule has 7 nitrogen and oxygen atoms in total. The molecule has 17 heteroatoms. The molecule has 0 amide bonds. The van der Waals surface area contributed by atoms with Crippen molar-refractivity contribution in [3.05, 3.63) is 59.9 Å². The van der Waals surface area contributed by atoms with Gasteiger partial charge in [0.25, 0.3) is 0 Å². The summed E-state index contributed by atoms with van der Waals surface area (Å²) >= 11 is 0. The van der Waals surface area contributed by atoms with Crippen LogP contribution >= 0.6 is 0 Å². The molecule has 0 aliphatic carbocycles. The van der Waals surface area contributed by atoms with Gasteiger partial charge < -0.3 is 19.9 Å². The van der Waals surface area contributed by atoms with Crippen LogP contribution in [-0.4, -0.2) is 123 Å². The number of ether oxygens (including phenoxy) is 1. The zero-order valence-electron chi connectivity index (χ0n) is 25.1. The van der Waals surface area contributed by atoms with Crippen LogP contribution in [0.4, 0.5) is 26.1 Å². The summed E-state index contributed by atoms with van der Waals surface area (Å²) in [5.74, 6) is -0.994. The largest absolute Gasteiger partial charge is 0.391 e. The zero-order chi connectivity index (χ0) is 29.3. The fraction of sp³-hybridized carbons (Fsp3) is 0.391. The Labute approximate surface area is 242 Å². The molecule has 2 saturated heterocycles. The average molecular weight is 535 g/mol. The van der Waals surface area contributed by atoms with E-state index < -0.39 is 11.6 Å². The quantitative estimate of drug-likeness (QED) is 0.332. The first-order valence-electron chi connectivity index (χ1n) is 14.0. The molecule has 0 saturated carbocycles. The van der Waals surface area contributed by atoms with E-state index in [9.17, 15) is 8.78 Å². The molecule has 5 rings (SSSR count). The number of hydrogen-bond donors (Lipinski definition) is 1. The molecule has 0 spiro atoms. The number of aryl methyl sites for hydroxylation is 1. The van der Waals surface area contributed by atoms with Crippen molar-refractivity contribution in [1.82, 2.24) is 19.7 Å². The zero-order valence-corrected chi connectivity index (χ0v) is 25.1. The second-order valence-corrected chi connectivity index (χ2v) is 13.3. The van der Waals surface area contributed by atoms with Crippen molar-refractivity contribution in [1.29, 1.82) is 0 Å². The first-order valence-corrected chi connectivity index (χ1v) is 14.0. The highest BCUT2D eigenvalue weighted by molar-refractivity contribution is 6.62. The van der Waals surface area contributed by atoms with Crippen LogP contribution in [0.15, 0.2) is 42.7 Å². The molecule has 40 heavy (non-hydrogen) atoms. The Kier molecular flexibility index (Phi) is 7.10. The van der Waals surface area contributed by atoms with E-state index in [2.05, 4.69) is 113 Å². The predicted octanol–water partition coefficient (Wildman–Crippen LogP) is -4.81. The van der Waals surface area contributed by atoms with Gasteiger partial charge in [0.2, 0.25) is 5.95 Å². The van der Waals surface area contributed by atoms with Crippen LogP contribution in [0.25, 0.3) is 5.69 Å². The molecular formula is C23H34B8F2N6O. The summed E-state index contributed by atoms with van der Waals surface area (Å²) in [6, 6.07) is 10.1. The average Bonchev–Trinajstić information content (AvgIpc) is 3.49. The van der Waals surface area contributed by atoms with Crippen LogP contribution in [0.1, 0.15) is 12.0 Å². The molecule has 1 atom stereocenters. The minimum atomic E-state index is -0.667. The summed E-state index contributed by atoms with van der Waals surface area (Å²) in [5, 5.41) is 6.87. The summed E-state index contributed by atoms with van der Waals surface area (Å²) in [6.45, 7) is 3.65. The number of rotatable bonds is 5. The summed E-state index contributed by atoms with van der Waals surface area (Å²) < 4.78 is 34.7. The fourth-order valence-corrected chi connectivity index (χ4v) is 7.03. The molecule has 2 aromatic carbocycles. The normalized spacial score (nSPS) is 23.2. The molecule has 1 aromatic heterocycles. The Morgan fingerprint density at radius 3 is 2.05 bits per heavy atom.